The lowest BCUT2D eigenvalue weighted by Crippen LogP contribution is -2.38. The van der Waals surface area contributed by atoms with Gasteiger partial charge in [0, 0.05) is 16.7 Å². The molecule has 0 aliphatic heterocycles. The van der Waals surface area contributed by atoms with Gasteiger partial charge >= 0.3 is 0 Å². The summed E-state index contributed by atoms with van der Waals surface area (Å²) in [5.41, 5.74) is 11.6. The van der Waals surface area contributed by atoms with Crippen molar-refractivity contribution in [1.29, 1.82) is 0 Å². The van der Waals surface area contributed by atoms with Gasteiger partial charge < -0.3 is 16.4 Å². The van der Waals surface area contributed by atoms with Crippen molar-refractivity contribution in [3.05, 3.63) is 28.2 Å². The average molecular weight is 300 g/mol. The summed E-state index contributed by atoms with van der Waals surface area (Å²) in [4.78, 5) is 24.2. The molecule has 0 atom stereocenters. The SMILES string of the molecule is CCN(CC(N)=O)C(=O)c1ccc(Br)cc1N. The van der Waals surface area contributed by atoms with E-state index in [2.05, 4.69) is 15.9 Å². The molecule has 0 saturated carbocycles. The largest absolute Gasteiger partial charge is 0.398 e. The first-order valence-electron chi connectivity index (χ1n) is 5.08. The number of benzene rings is 1. The zero-order valence-corrected chi connectivity index (χ0v) is 11.0. The van der Waals surface area contributed by atoms with Gasteiger partial charge in [-0.25, -0.2) is 0 Å². The maximum absolute atomic E-state index is 12.1. The van der Waals surface area contributed by atoms with E-state index >= 15 is 0 Å². The summed E-state index contributed by atoms with van der Waals surface area (Å²) >= 11 is 3.26. The number of hydrogen-bond acceptors (Lipinski definition) is 3. The predicted molar refractivity (Wildman–Crippen MR) is 69.3 cm³/mol. The van der Waals surface area contributed by atoms with Crippen LogP contribution in [0.1, 0.15) is 17.3 Å². The highest BCUT2D eigenvalue weighted by Gasteiger charge is 2.18. The highest BCUT2D eigenvalue weighted by molar-refractivity contribution is 9.10. The van der Waals surface area contributed by atoms with Gasteiger partial charge in [0.15, 0.2) is 0 Å². The van der Waals surface area contributed by atoms with Crippen molar-refractivity contribution in [1.82, 2.24) is 4.90 Å². The zero-order valence-electron chi connectivity index (χ0n) is 9.44. The molecule has 92 valence electrons. The molecule has 4 N–H and O–H groups in total. The Morgan fingerprint density at radius 2 is 2.06 bits per heavy atom. The first-order chi connectivity index (χ1) is 7.95. The number of carbonyl (C=O) groups is 2. The summed E-state index contributed by atoms with van der Waals surface area (Å²) in [5.74, 6) is -0.841. The van der Waals surface area contributed by atoms with Crippen molar-refractivity contribution >= 4 is 33.4 Å². The molecule has 0 aliphatic rings. The number of rotatable bonds is 4. The lowest BCUT2D eigenvalue weighted by atomic mass is 10.1. The van der Waals surface area contributed by atoms with Gasteiger partial charge in [0.25, 0.3) is 5.91 Å². The van der Waals surface area contributed by atoms with Crippen LogP contribution in [0.2, 0.25) is 0 Å². The van der Waals surface area contributed by atoms with E-state index in [4.69, 9.17) is 11.5 Å². The third-order valence-corrected chi connectivity index (χ3v) is 2.75. The molecule has 0 unspecified atom stereocenters. The van der Waals surface area contributed by atoms with Gasteiger partial charge in [0.05, 0.1) is 12.1 Å². The summed E-state index contributed by atoms with van der Waals surface area (Å²) in [6, 6.07) is 4.98. The minimum absolute atomic E-state index is 0.106. The Morgan fingerprint density at radius 3 is 2.53 bits per heavy atom. The minimum atomic E-state index is -0.545. The van der Waals surface area contributed by atoms with E-state index in [1.54, 1.807) is 25.1 Å². The number of amides is 2. The first kappa shape index (κ1) is 13.5. The molecule has 0 fully saturated rings. The van der Waals surface area contributed by atoms with Gasteiger partial charge in [-0.1, -0.05) is 15.9 Å². The first-order valence-corrected chi connectivity index (χ1v) is 5.87. The van der Waals surface area contributed by atoms with Crippen LogP contribution < -0.4 is 11.5 Å². The van der Waals surface area contributed by atoms with E-state index in [1.807, 2.05) is 0 Å². The monoisotopic (exact) mass is 299 g/mol. The van der Waals surface area contributed by atoms with E-state index < -0.39 is 5.91 Å². The number of anilines is 1. The summed E-state index contributed by atoms with van der Waals surface area (Å²) in [6.07, 6.45) is 0. The Labute approximate surface area is 108 Å². The van der Waals surface area contributed by atoms with Crippen molar-refractivity contribution in [2.45, 2.75) is 6.92 Å². The smallest absolute Gasteiger partial charge is 0.256 e. The fourth-order valence-corrected chi connectivity index (χ4v) is 1.79. The lowest BCUT2D eigenvalue weighted by molar-refractivity contribution is -0.118. The molecule has 0 bridgehead atoms. The number of hydrogen-bond donors (Lipinski definition) is 2. The topological polar surface area (TPSA) is 89.4 Å². The van der Waals surface area contributed by atoms with E-state index in [1.165, 1.54) is 4.90 Å². The maximum atomic E-state index is 12.1. The van der Waals surface area contributed by atoms with Crippen molar-refractivity contribution in [3.63, 3.8) is 0 Å². The fraction of sp³-hybridized carbons (Fsp3) is 0.273. The molecule has 5 nitrogen and oxygen atoms in total. The van der Waals surface area contributed by atoms with Gasteiger partial charge in [-0.15, -0.1) is 0 Å². The highest BCUT2D eigenvalue weighted by Crippen LogP contribution is 2.19. The normalized spacial score (nSPS) is 10.0. The van der Waals surface area contributed by atoms with Crippen LogP contribution in [0.25, 0.3) is 0 Å². The Balaban J connectivity index is 2.97. The molecule has 0 aromatic heterocycles. The molecule has 6 heteroatoms. The third-order valence-electron chi connectivity index (χ3n) is 2.26. The summed E-state index contributed by atoms with van der Waals surface area (Å²) in [6.45, 7) is 2.07. The highest BCUT2D eigenvalue weighted by atomic mass is 79.9. The quantitative estimate of drug-likeness (QED) is 0.812. The Hall–Kier alpha value is -1.56. The van der Waals surface area contributed by atoms with E-state index in [0.29, 0.717) is 17.8 Å². The second kappa shape index (κ2) is 5.67. The maximum Gasteiger partial charge on any atom is 0.256 e. The molecule has 1 rings (SSSR count). The lowest BCUT2D eigenvalue weighted by Gasteiger charge is -2.19. The second-order valence-electron chi connectivity index (χ2n) is 3.52. The van der Waals surface area contributed by atoms with E-state index in [-0.39, 0.29) is 12.5 Å². The Bertz CT molecular complexity index is 448. The molecule has 0 radical (unpaired) electrons. The number of halogens is 1. The van der Waals surface area contributed by atoms with Gasteiger partial charge in [0.2, 0.25) is 5.91 Å². The summed E-state index contributed by atoms with van der Waals surface area (Å²) in [7, 11) is 0. The predicted octanol–water partition coefficient (Wildman–Crippen LogP) is 0.979. The number of nitrogens with two attached hydrogens (primary N) is 2. The standard InChI is InChI=1S/C11H14BrN3O2/c1-2-15(6-10(14)16)11(17)8-4-3-7(12)5-9(8)13/h3-5H,2,6,13H2,1H3,(H2,14,16). The number of carbonyl (C=O) groups excluding carboxylic acids is 2. The zero-order chi connectivity index (χ0) is 13.0. The van der Waals surface area contributed by atoms with Crippen molar-refractivity contribution in [2.75, 3.05) is 18.8 Å². The Kier molecular flexibility index (Phi) is 4.51. The molecule has 1 aromatic rings. The van der Waals surface area contributed by atoms with Crippen molar-refractivity contribution in [2.24, 2.45) is 5.73 Å². The molecule has 0 spiro atoms. The van der Waals surface area contributed by atoms with Crippen LogP contribution in [0, 0.1) is 0 Å². The van der Waals surface area contributed by atoms with Gasteiger partial charge in [-0.05, 0) is 25.1 Å². The molecule has 0 aliphatic carbocycles. The second-order valence-corrected chi connectivity index (χ2v) is 4.43. The molecular weight excluding hydrogens is 286 g/mol. The van der Waals surface area contributed by atoms with E-state index in [0.717, 1.165) is 4.47 Å². The third kappa shape index (κ3) is 3.45. The molecule has 2 amide bonds. The molecule has 0 heterocycles. The van der Waals surface area contributed by atoms with Gasteiger partial charge in [-0.2, -0.15) is 0 Å². The number of primary amides is 1. The van der Waals surface area contributed by atoms with Crippen LogP contribution in [-0.4, -0.2) is 29.8 Å². The van der Waals surface area contributed by atoms with Crippen molar-refractivity contribution < 1.29 is 9.59 Å². The number of nitrogen functional groups attached to an aromatic ring is 1. The van der Waals surface area contributed by atoms with Crippen LogP contribution in [0.15, 0.2) is 22.7 Å². The van der Waals surface area contributed by atoms with Crippen molar-refractivity contribution in [3.8, 4) is 0 Å². The molecule has 17 heavy (non-hydrogen) atoms. The number of nitrogens with zero attached hydrogens (tertiary/aromatic N) is 1. The number of likely N-dealkylation sites (N-methyl/N-ethyl adjacent to an activating group) is 1. The van der Waals surface area contributed by atoms with Crippen LogP contribution in [0.4, 0.5) is 5.69 Å². The molecular formula is C11H14BrN3O2. The van der Waals surface area contributed by atoms with Crippen LogP contribution in [0.5, 0.6) is 0 Å². The van der Waals surface area contributed by atoms with E-state index in [9.17, 15) is 9.59 Å². The van der Waals surface area contributed by atoms with Gasteiger partial charge in [0.1, 0.15) is 0 Å². The van der Waals surface area contributed by atoms with Crippen LogP contribution in [0.3, 0.4) is 0 Å². The van der Waals surface area contributed by atoms with Gasteiger partial charge in [-0.3, -0.25) is 9.59 Å². The molecule has 0 saturated heterocycles. The van der Waals surface area contributed by atoms with Crippen LogP contribution >= 0.6 is 15.9 Å². The Morgan fingerprint density at radius 1 is 1.41 bits per heavy atom. The molecule has 1 aromatic carbocycles. The summed E-state index contributed by atoms with van der Waals surface area (Å²) < 4.78 is 0.796. The fourth-order valence-electron chi connectivity index (χ4n) is 1.41. The average Bonchev–Trinajstić information content (AvgIpc) is 2.24. The minimum Gasteiger partial charge on any atom is -0.398 e. The van der Waals surface area contributed by atoms with Crippen LogP contribution in [-0.2, 0) is 4.79 Å². The summed E-state index contributed by atoms with van der Waals surface area (Å²) in [5, 5.41) is 0.